The third kappa shape index (κ3) is 4.87. The second kappa shape index (κ2) is 10.7. The predicted molar refractivity (Wildman–Crippen MR) is 138 cm³/mol. The Hall–Kier alpha value is -3.06. The Morgan fingerprint density at radius 1 is 1.09 bits per heavy atom. The summed E-state index contributed by atoms with van der Waals surface area (Å²) in [5.74, 6) is 0.403. The molecule has 0 spiro atoms. The minimum absolute atomic E-state index is 0.0187. The summed E-state index contributed by atoms with van der Waals surface area (Å²) >= 11 is 3.64. The van der Waals surface area contributed by atoms with Gasteiger partial charge < -0.3 is 19.5 Å². The van der Waals surface area contributed by atoms with Gasteiger partial charge in [0.05, 0.1) is 26.4 Å². The molecule has 7 heteroatoms. The number of carbonyl (C=O) groups excluding carboxylic acids is 2. The van der Waals surface area contributed by atoms with Crippen molar-refractivity contribution in [3.8, 4) is 11.5 Å². The molecule has 1 aliphatic heterocycles. The van der Waals surface area contributed by atoms with E-state index in [4.69, 9.17) is 14.2 Å². The number of methoxy groups -OCH3 is 2. The van der Waals surface area contributed by atoms with Gasteiger partial charge in [-0.25, -0.2) is 4.79 Å². The van der Waals surface area contributed by atoms with Gasteiger partial charge in [0.25, 0.3) is 0 Å². The topological polar surface area (TPSA) is 73.9 Å². The van der Waals surface area contributed by atoms with E-state index in [0.717, 1.165) is 27.7 Å². The lowest BCUT2D eigenvalue weighted by atomic mass is 9.71. The highest BCUT2D eigenvalue weighted by molar-refractivity contribution is 9.10. The highest BCUT2D eigenvalue weighted by Crippen LogP contribution is 2.47. The minimum atomic E-state index is -0.495. The molecule has 184 valence electrons. The van der Waals surface area contributed by atoms with Crippen molar-refractivity contribution in [1.29, 1.82) is 0 Å². The smallest absolute Gasteiger partial charge is 0.336 e. The molecule has 2 aliphatic rings. The second-order valence-electron chi connectivity index (χ2n) is 8.79. The normalized spacial score (nSPS) is 19.7. The Bertz CT molecular complexity index is 1220. The van der Waals surface area contributed by atoms with Gasteiger partial charge in [0.2, 0.25) is 0 Å². The maximum absolute atomic E-state index is 13.7. The number of dihydropyridines is 1. The summed E-state index contributed by atoms with van der Waals surface area (Å²) in [6.07, 6.45) is 1.71. The van der Waals surface area contributed by atoms with Gasteiger partial charge in [0.1, 0.15) is 0 Å². The molecule has 2 atom stereocenters. The number of halogens is 1. The van der Waals surface area contributed by atoms with E-state index in [2.05, 4.69) is 21.2 Å². The first-order valence-electron chi connectivity index (χ1n) is 11.8. The Labute approximate surface area is 214 Å². The lowest BCUT2D eigenvalue weighted by Crippen LogP contribution is -2.36. The summed E-state index contributed by atoms with van der Waals surface area (Å²) in [6.45, 7) is 4.17. The van der Waals surface area contributed by atoms with E-state index in [-0.39, 0.29) is 17.7 Å². The van der Waals surface area contributed by atoms with Crippen molar-refractivity contribution in [2.45, 2.75) is 44.9 Å². The van der Waals surface area contributed by atoms with Crippen LogP contribution < -0.4 is 14.8 Å². The zero-order chi connectivity index (χ0) is 25.1. The summed E-state index contributed by atoms with van der Waals surface area (Å²) in [7, 11) is 3.21. The number of ketones is 1. The Morgan fingerprint density at radius 2 is 1.83 bits per heavy atom. The molecule has 0 aromatic heterocycles. The van der Waals surface area contributed by atoms with Crippen molar-refractivity contribution in [3.05, 3.63) is 80.6 Å². The van der Waals surface area contributed by atoms with Crippen LogP contribution in [0.4, 0.5) is 0 Å². The van der Waals surface area contributed by atoms with E-state index in [9.17, 15) is 9.59 Å². The average Bonchev–Trinajstić information content (AvgIpc) is 2.86. The molecule has 0 saturated carbocycles. The summed E-state index contributed by atoms with van der Waals surface area (Å²) in [4.78, 5) is 26.9. The van der Waals surface area contributed by atoms with Crippen LogP contribution in [0.2, 0.25) is 0 Å². The molecule has 0 amide bonds. The highest BCUT2D eigenvalue weighted by atomic mass is 79.9. The van der Waals surface area contributed by atoms with Crippen LogP contribution in [-0.4, -0.2) is 32.6 Å². The van der Waals surface area contributed by atoms with Crippen molar-refractivity contribution in [3.63, 3.8) is 0 Å². The SMILES string of the molecule is CCCOC(=O)C1=C(C)NC2=C(C(=O)CC(c3ccc(OC)c(OC)c3)C2)C1c1ccccc1Br. The van der Waals surface area contributed by atoms with Crippen molar-refractivity contribution in [1.82, 2.24) is 5.32 Å². The number of ether oxygens (including phenoxy) is 3. The van der Waals surface area contributed by atoms with E-state index < -0.39 is 5.92 Å². The molecule has 0 bridgehead atoms. The molecule has 4 rings (SSSR count). The zero-order valence-corrected chi connectivity index (χ0v) is 22.0. The Morgan fingerprint density at radius 3 is 2.51 bits per heavy atom. The number of nitrogens with one attached hydrogen (secondary N) is 1. The third-order valence-electron chi connectivity index (χ3n) is 6.58. The largest absolute Gasteiger partial charge is 0.493 e. The standard InChI is InChI=1S/C28H30BrNO5/c1-5-12-35-28(32)25-16(2)30-21-13-18(17-10-11-23(33-3)24(15-17)34-4)14-22(31)27(21)26(25)19-8-6-7-9-20(19)29/h6-11,15,18,26,30H,5,12-14H2,1-4H3. The van der Waals surface area contributed by atoms with E-state index in [1.807, 2.05) is 56.3 Å². The fourth-order valence-corrected chi connectivity index (χ4v) is 5.46. The molecule has 0 radical (unpaired) electrons. The van der Waals surface area contributed by atoms with Crippen LogP contribution in [0, 0.1) is 0 Å². The summed E-state index contributed by atoms with van der Waals surface area (Å²) in [5, 5.41) is 3.39. The maximum Gasteiger partial charge on any atom is 0.336 e. The molecule has 35 heavy (non-hydrogen) atoms. The van der Waals surface area contributed by atoms with Crippen LogP contribution in [0.5, 0.6) is 11.5 Å². The van der Waals surface area contributed by atoms with E-state index >= 15 is 0 Å². The first-order chi connectivity index (χ1) is 16.9. The molecule has 1 heterocycles. The number of carbonyl (C=O) groups is 2. The van der Waals surface area contributed by atoms with Gasteiger partial charge in [-0.15, -0.1) is 0 Å². The van der Waals surface area contributed by atoms with Crippen molar-refractivity contribution in [2.75, 3.05) is 20.8 Å². The molecule has 0 saturated heterocycles. The van der Waals surface area contributed by atoms with Crippen LogP contribution >= 0.6 is 15.9 Å². The number of Topliss-reactive ketones (excluding diaryl/α,β-unsaturated/α-hetero) is 1. The summed E-state index contributed by atoms with van der Waals surface area (Å²) in [6, 6.07) is 13.5. The van der Waals surface area contributed by atoms with Gasteiger partial charge in [-0.1, -0.05) is 47.1 Å². The lowest BCUT2D eigenvalue weighted by molar-refractivity contribution is -0.139. The Kier molecular flexibility index (Phi) is 7.65. The number of benzene rings is 2. The van der Waals surface area contributed by atoms with E-state index in [1.54, 1.807) is 14.2 Å². The van der Waals surface area contributed by atoms with Crippen molar-refractivity contribution >= 4 is 27.7 Å². The molecule has 0 fully saturated rings. The van der Waals surface area contributed by atoms with Crippen LogP contribution in [0.25, 0.3) is 0 Å². The predicted octanol–water partition coefficient (Wildman–Crippen LogP) is 5.78. The first-order valence-corrected chi connectivity index (χ1v) is 12.6. The number of esters is 1. The first kappa shape index (κ1) is 25.0. The van der Waals surface area contributed by atoms with Crippen LogP contribution in [0.15, 0.2) is 69.5 Å². The van der Waals surface area contributed by atoms with Crippen molar-refractivity contribution in [2.24, 2.45) is 0 Å². The van der Waals surface area contributed by atoms with Gasteiger partial charge in [0.15, 0.2) is 17.3 Å². The number of allylic oxidation sites excluding steroid dienone is 3. The number of rotatable bonds is 7. The quantitative estimate of drug-likeness (QED) is 0.449. The molecule has 1 aliphatic carbocycles. The van der Waals surface area contributed by atoms with E-state index in [0.29, 0.717) is 47.8 Å². The molecular weight excluding hydrogens is 510 g/mol. The maximum atomic E-state index is 13.7. The molecule has 2 aromatic carbocycles. The van der Waals surface area contributed by atoms with Gasteiger partial charge in [0, 0.05) is 33.8 Å². The van der Waals surface area contributed by atoms with Gasteiger partial charge in [-0.2, -0.15) is 0 Å². The van der Waals surface area contributed by atoms with Crippen molar-refractivity contribution < 1.29 is 23.8 Å². The van der Waals surface area contributed by atoms with Gasteiger partial charge >= 0.3 is 5.97 Å². The monoisotopic (exact) mass is 539 g/mol. The third-order valence-corrected chi connectivity index (χ3v) is 7.30. The zero-order valence-electron chi connectivity index (χ0n) is 20.4. The average molecular weight is 540 g/mol. The Balaban J connectivity index is 1.77. The molecule has 1 N–H and O–H groups in total. The van der Waals surface area contributed by atoms with E-state index in [1.165, 1.54) is 0 Å². The van der Waals surface area contributed by atoms with Gasteiger partial charge in [-0.05, 0) is 55.0 Å². The minimum Gasteiger partial charge on any atom is -0.493 e. The van der Waals surface area contributed by atoms with Crippen LogP contribution in [-0.2, 0) is 14.3 Å². The molecule has 2 aromatic rings. The van der Waals surface area contributed by atoms with Crippen LogP contribution in [0.3, 0.4) is 0 Å². The van der Waals surface area contributed by atoms with Crippen LogP contribution in [0.1, 0.15) is 56.1 Å². The number of hydrogen-bond donors (Lipinski definition) is 1. The molecular formula is C28H30BrNO5. The second-order valence-corrected chi connectivity index (χ2v) is 9.64. The lowest BCUT2D eigenvalue weighted by Gasteiger charge is -2.37. The fourth-order valence-electron chi connectivity index (χ4n) is 4.94. The highest BCUT2D eigenvalue weighted by Gasteiger charge is 2.42. The molecule has 6 nitrogen and oxygen atoms in total. The fraction of sp³-hybridized carbons (Fsp3) is 0.357. The summed E-state index contributed by atoms with van der Waals surface area (Å²) in [5.41, 5.74) is 4.58. The summed E-state index contributed by atoms with van der Waals surface area (Å²) < 4.78 is 17.2. The molecule has 2 unspecified atom stereocenters. The number of hydrogen-bond acceptors (Lipinski definition) is 6. The van der Waals surface area contributed by atoms with Gasteiger partial charge in [-0.3, -0.25) is 4.79 Å².